The summed E-state index contributed by atoms with van der Waals surface area (Å²) < 4.78 is 9.79. The summed E-state index contributed by atoms with van der Waals surface area (Å²) >= 11 is 1.56. The molecule has 0 radical (unpaired) electrons. The zero-order valence-electron chi connectivity index (χ0n) is 12.0. The number of nitrogens with zero attached hydrogens (tertiary/aromatic N) is 2. The molecule has 108 valence electrons. The van der Waals surface area contributed by atoms with Gasteiger partial charge in [-0.1, -0.05) is 6.92 Å². The van der Waals surface area contributed by atoms with E-state index in [1.54, 1.807) is 18.4 Å². The van der Waals surface area contributed by atoms with Crippen LogP contribution in [0, 0.1) is 0 Å². The van der Waals surface area contributed by atoms with Crippen LogP contribution in [0.5, 0.6) is 0 Å². The fourth-order valence-corrected chi connectivity index (χ4v) is 2.60. The van der Waals surface area contributed by atoms with Crippen molar-refractivity contribution in [2.75, 3.05) is 32.3 Å². The van der Waals surface area contributed by atoms with Crippen molar-refractivity contribution in [3.63, 3.8) is 0 Å². The van der Waals surface area contributed by atoms with E-state index < -0.39 is 0 Å². The van der Waals surface area contributed by atoms with Gasteiger partial charge in [-0.05, 0) is 13.3 Å². The molecule has 19 heavy (non-hydrogen) atoms. The van der Waals surface area contributed by atoms with Gasteiger partial charge in [0.15, 0.2) is 5.13 Å². The molecule has 1 atom stereocenters. The smallest absolute Gasteiger partial charge is 0.311 e. The van der Waals surface area contributed by atoms with Gasteiger partial charge in [0.05, 0.1) is 25.8 Å². The highest BCUT2D eigenvalue weighted by Crippen LogP contribution is 2.23. The minimum atomic E-state index is -0.260. The lowest BCUT2D eigenvalue weighted by molar-refractivity contribution is -0.139. The second-order valence-electron chi connectivity index (χ2n) is 4.32. The Bertz CT molecular complexity index is 395. The Hall–Kier alpha value is -1.14. The molecular weight excluding hydrogens is 264 g/mol. The van der Waals surface area contributed by atoms with Gasteiger partial charge in [-0.25, -0.2) is 4.98 Å². The number of rotatable bonds is 8. The molecule has 0 N–H and O–H groups in total. The Morgan fingerprint density at radius 3 is 2.84 bits per heavy atom. The van der Waals surface area contributed by atoms with Crippen LogP contribution in [0.1, 0.15) is 26.0 Å². The van der Waals surface area contributed by atoms with Crippen LogP contribution in [0.2, 0.25) is 0 Å². The molecule has 0 spiro atoms. The van der Waals surface area contributed by atoms with E-state index in [0.717, 1.165) is 23.8 Å². The molecule has 1 aromatic heterocycles. The molecule has 0 fully saturated rings. The molecule has 1 unspecified atom stereocenters. The van der Waals surface area contributed by atoms with E-state index in [2.05, 4.69) is 28.5 Å². The summed E-state index contributed by atoms with van der Waals surface area (Å²) in [6, 6.07) is 0.396. The fraction of sp³-hybridized carbons (Fsp3) is 0.692. The zero-order chi connectivity index (χ0) is 14.3. The number of hydrogen-bond acceptors (Lipinski definition) is 6. The first-order chi connectivity index (χ1) is 9.12. The Kier molecular flexibility index (Phi) is 6.80. The molecule has 0 aliphatic rings. The van der Waals surface area contributed by atoms with E-state index in [0.29, 0.717) is 12.6 Å². The fourth-order valence-electron chi connectivity index (χ4n) is 1.64. The van der Waals surface area contributed by atoms with Crippen molar-refractivity contribution in [1.29, 1.82) is 0 Å². The summed E-state index contributed by atoms with van der Waals surface area (Å²) in [5, 5.41) is 2.85. The number of aromatic nitrogens is 1. The van der Waals surface area contributed by atoms with Crippen molar-refractivity contribution in [3.05, 3.63) is 11.1 Å². The van der Waals surface area contributed by atoms with Gasteiger partial charge >= 0.3 is 5.97 Å². The lowest BCUT2D eigenvalue weighted by Crippen LogP contribution is -2.35. The van der Waals surface area contributed by atoms with Crippen molar-refractivity contribution in [3.8, 4) is 0 Å². The van der Waals surface area contributed by atoms with Crippen LogP contribution in [0.4, 0.5) is 5.13 Å². The Morgan fingerprint density at radius 2 is 2.26 bits per heavy atom. The predicted molar refractivity (Wildman–Crippen MR) is 76.8 cm³/mol. The van der Waals surface area contributed by atoms with Crippen molar-refractivity contribution in [2.45, 2.75) is 32.7 Å². The third-order valence-electron chi connectivity index (χ3n) is 3.00. The highest BCUT2D eigenvalue weighted by atomic mass is 32.1. The molecule has 0 aliphatic carbocycles. The van der Waals surface area contributed by atoms with E-state index in [9.17, 15) is 4.79 Å². The molecule has 6 heteroatoms. The van der Waals surface area contributed by atoms with Crippen molar-refractivity contribution in [1.82, 2.24) is 4.98 Å². The van der Waals surface area contributed by atoms with Crippen LogP contribution in [0.3, 0.4) is 0 Å². The highest BCUT2D eigenvalue weighted by molar-refractivity contribution is 7.13. The van der Waals surface area contributed by atoms with Crippen molar-refractivity contribution >= 4 is 22.4 Å². The second kappa shape index (κ2) is 8.12. The number of ether oxygens (including phenoxy) is 2. The van der Waals surface area contributed by atoms with Crippen LogP contribution in [-0.4, -0.2) is 44.4 Å². The number of carbonyl (C=O) groups excluding carboxylic acids is 1. The maximum atomic E-state index is 11.2. The number of hydrogen-bond donors (Lipinski definition) is 0. The number of anilines is 1. The zero-order valence-corrected chi connectivity index (χ0v) is 12.8. The number of esters is 1. The van der Waals surface area contributed by atoms with Gasteiger partial charge in [0.2, 0.25) is 0 Å². The SMILES string of the molecule is CCC(C)N(CCOC)c1nc(CC(=O)OC)cs1. The summed E-state index contributed by atoms with van der Waals surface area (Å²) in [6.45, 7) is 5.78. The highest BCUT2D eigenvalue weighted by Gasteiger charge is 2.17. The first-order valence-electron chi connectivity index (χ1n) is 6.39. The van der Waals surface area contributed by atoms with Gasteiger partial charge in [-0.2, -0.15) is 0 Å². The molecule has 1 heterocycles. The topological polar surface area (TPSA) is 51.7 Å². The minimum Gasteiger partial charge on any atom is -0.469 e. The average Bonchev–Trinajstić information content (AvgIpc) is 2.86. The molecule has 5 nitrogen and oxygen atoms in total. The molecule has 0 saturated heterocycles. The van der Waals surface area contributed by atoms with Gasteiger partial charge in [-0.15, -0.1) is 11.3 Å². The van der Waals surface area contributed by atoms with E-state index in [1.165, 1.54) is 7.11 Å². The molecular formula is C13H22N2O3S. The maximum Gasteiger partial charge on any atom is 0.311 e. The normalized spacial score (nSPS) is 12.2. The number of thiazole rings is 1. The largest absolute Gasteiger partial charge is 0.469 e. The van der Waals surface area contributed by atoms with Gasteiger partial charge in [-0.3, -0.25) is 4.79 Å². The minimum absolute atomic E-state index is 0.228. The first-order valence-corrected chi connectivity index (χ1v) is 7.27. The predicted octanol–water partition coefficient (Wildman–Crippen LogP) is 2.11. The quantitative estimate of drug-likeness (QED) is 0.685. The Morgan fingerprint density at radius 1 is 1.53 bits per heavy atom. The van der Waals surface area contributed by atoms with Gasteiger partial charge in [0.1, 0.15) is 0 Å². The van der Waals surface area contributed by atoms with Crippen molar-refractivity contribution < 1.29 is 14.3 Å². The van der Waals surface area contributed by atoms with Gasteiger partial charge in [0.25, 0.3) is 0 Å². The third-order valence-corrected chi connectivity index (χ3v) is 3.92. The summed E-state index contributed by atoms with van der Waals surface area (Å²) in [4.78, 5) is 18.0. The average molecular weight is 286 g/mol. The van der Waals surface area contributed by atoms with Gasteiger partial charge in [0, 0.05) is 25.1 Å². The third kappa shape index (κ3) is 4.80. The standard InChI is InChI=1S/C13H22N2O3S/c1-5-10(2)15(6-7-17-3)13-14-11(9-19-13)8-12(16)18-4/h9-10H,5-8H2,1-4H3. The van der Waals surface area contributed by atoms with E-state index in [4.69, 9.17) is 4.74 Å². The van der Waals surface area contributed by atoms with Crippen molar-refractivity contribution in [2.24, 2.45) is 0 Å². The number of methoxy groups -OCH3 is 2. The van der Waals surface area contributed by atoms with E-state index in [1.807, 2.05) is 5.38 Å². The van der Waals surface area contributed by atoms with E-state index >= 15 is 0 Å². The Labute approximate surface area is 118 Å². The Balaban J connectivity index is 2.76. The van der Waals surface area contributed by atoms with Crippen LogP contribution in [0.25, 0.3) is 0 Å². The molecule has 1 rings (SSSR count). The monoisotopic (exact) mass is 286 g/mol. The van der Waals surface area contributed by atoms with Crippen LogP contribution < -0.4 is 4.90 Å². The maximum absolute atomic E-state index is 11.2. The molecule has 0 saturated carbocycles. The van der Waals surface area contributed by atoms with Crippen LogP contribution >= 0.6 is 11.3 Å². The summed E-state index contributed by atoms with van der Waals surface area (Å²) in [6.07, 6.45) is 1.27. The number of carbonyl (C=O) groups is 1. The lowest BCUT2D eigenvalue weighted by Gasteiger charge is -2.27. The summed E-state index contributed by atoms with van der Waals surface area (Å²) in [5.74, 6) is -0.260. The van der Waals surface area contributed by atoms with Crippen LogP contribution in [-0.2, 0) is 20.7 Å². The van der Waals surface area contributed by atoms with Gasteiger partial charge < -0.3 is 14.4 Å². The summed E-state index contributed by atoms with van der Waals surface area (Å²) in [5.41, 5.74) is 0.762. The molecule has 0 amide bonds. The molecule has 1 aromatic rings. The van der Waals surface area contributed by atoms with Crippen LogP contribution in [0.15, 0.2) is 5.38 Å². The molecule has 0 aromatic carbocycles. The summed E-state index contributed by atoms with van der Waals surface area (Å²) in [7, 11) is 3.08. The second-order valence-corrected chi connectivity index (χ2v) is 5.15. The lowest BCUT2D eigenvalue weighted by atomic mass is 10.2. The first kappa shape index (κ1) is 15.9. The van der Waals surface area contributed by atoms with E-state index in [-0.39, 0.29) is 12.4 Å². The molecule has 0 bridgehead atoms. The molecule has 0 aliphatic heterocycles.